The van der Waals surface area contributed by atoms with E-state index in [4.69, 9.17) is 5.11 Å². The molecular formula is C32H32F2N2O3S. The van der Waals surface area contributed by atoms with Gasteiger partial charge in [0.2, 0.25) is 0 Å². The molecule has 0 fully saturated rings. The van der Waals surface area contributed by atoms with Crippen molar-refractivity contribution in [2.24, 2.45) is 0 Å². The Bertz CT molecular complexity index is 1490. The zero-order valence-electron chi connectivity index (χ0n) is 22.7. The minimum absolute atomic E-state index is 0.225. The first-order valence-corrected chi connectivity index (χ1v) is 14.4. The number of fused-ring (bicyclic) bond motifs is 3. The average molecular weight is 563 g/mol. The van der Waals surface area contributed by atoms with E-state index < -0.39 is 29.1 Å². The molecule has 1 aromatic heterocycles. The first kappa shape index (κ1) is 29.2. The number of unbranched alkanes of at least 4 members (excludes halogenated alkanes) is 6. The highest BCUT2D eigenvalue weighted by Crippen LogP contribution is 2.39. The molecule has 3 aromatic rings. The SMILES string of the molecule is CCCCCCCCC#Cc1cccc2c1CCc1sc(NC(=O)c3cc(F)c(/C=C(\C)C(=O)O)c(F)c3)nc1-2. The molecule has 1 aliphatic carbocycles. The van der Waals surface area contributed by atoms with E-state index in [2.05, 4.69) is 29.1 Å². The van der Waals surface area contributed by atoms with Crippen molar-refractivity contribution >= 4 is 34.4 Å². The monoisotopic (exact) mass is 562 g/mol. The molecule has 208 valence electrons. The Balaban J connectivity index is 1.47. The molecular weight excluding hydrogens is 530 g/mol. The van der Waals surface area contributed by atoms with Gasteiger partial charge in [-0.05, 0) is 56.0 Å². The lowest BCUT2D eigenvalue weighted by atomic mass is 9.90. The Hall–Kier alpha value is -3.83. The number of benzene rings is 2. The van der Waals surface area contributed by atoms with Crippen LogP contribution in [0, 0.1) is 23.5 Å². The van der Waals surface area contributed by atoms with Crippen LogP contribution in [0.25, 0.3) is 17.3 Å². The number of carbonyl (C=O) groups excluding carboxylic acids is 1. The number of hydrogen-bond acceptors (Lipinski definition) is 4. The maximum atomic E-state index is 14.5. The lowest BCUT2D eigenvalue weighted by molar-refractivity contribution is -0.132. The summed E-state index contributed by atoms with van der Waals surface area (Å²) in [4.78, 5) is 29.5. The predicted molar refractivity (Wildman–Crippen MR) is 155 cm³/mol. The third-order valence-electron chi connectivity index (χ3n) is 6.87. The Morgan fingerprint density at radius 1 is 1.10 bits per heavy atom. The van der Waals surface area contributed by atoms with Crippen molar-refractivity contribution in [1.82, 2.24) is 4.98 Å². The number of aliphatic carboxylic acids is 1. The van der Waals surface area contributed by atoms with Crippen LogP contribution in [0.15, 0.2) is 35.9 Å². The van der Waals surface area contributed by atoms with Gasteiger partial charge in [0.15, 0.2) is 5.13 Å². The number of thiazole rings is 1. The van der Waals surface area contributed by atoms with Gasteiger partial charge in [-0.2, -0.15) is 0 Å². The van der Waals surface area contributed by atoms with Crippen LogP contribution in [0.4, 0.5) is 13.9 Å². The maximum Gasteiger partial charge on any atom is 0.331 e. The van der Waals surface area contributed by atoms with E-state index in [1.54, 1.807) is 0 Å². The largest absolute Gasteiger partial charge is 0.478 e. The fourth-order valence-electron chi connectivity index (χ4n) is 4.67. The van der Waals surface area contributed by atoms with E-state index in [0.29, 0.717) is 5.13 Å². The van der Waals surface area contributed by atoms with Gasteiger partial charge in [0.25, 0.3) is 5.91 Å². The minimum Gasteiger partial charge on any atom is -0.478 e. The van der Waals surface area contributed by atoms with Crippen LogP contribution in [0.3, 0.4) is 0 Å². The summed E-state index contributed by atoms with van der Waals surface area (Å²) >= 11 is 1.34. The molecule has 0 unspecified atom stereocenters. The zero-order valence-corrected chi connectivity index (χ0v) is 23.5. The second-order valence-electron chi connectivity index (χ2n) is 9.88. The molecule has 0 aliphatic heterocycles. The average Bonchev–Trinajstić information content (AvgIpc) is 3.34. The van der Waals surface area contributed by atoms with Gasteiger partial charge < -0.3 is 5.11 Å². The molecule has 1 heterocycles. The molecule has 2 aromatic carbocycles. The van der Waals surface area contributed by atoms with Gasteiger partial charge >= 0.3 is 5.97 Å². The number of carbonyl (C=O) groups is 2. The number of nitrogens with zero attached hydrogens (tertiary/aromatic N) is 1. The van der Waals surface area contributed by atoms with Crippen LogP contribution >= 0.6 is 11.3 Å². The van der Waals surface area contributed by atoms with Crippen LogP contribution in [0.5, 0.6) is 0 Å². The Morgan fingerprint density at radius 3 is 2.55 bits per heavy atom. The molecule has 4 rings (SSSR count). The van der Waals surface area contributed by atoms with Gasteiger partial charge in [0.1, 0.15) is 11.6 Å². The summed E-state index contributed by atoms with van der Waals surface area (Å²) in [5, 5.41) is 12.0. The fourth-order valence-corrected chi connectivity index (χ4v) is 5.64. The van der Waals surface area contributed by atoms with Crippen LogP contribution in [-0.4, -0.2) is 22.0 Å². The third kappa shape index (κ3) is 7.02. The lowest BCUT2D eigenvalue weighted by Crippen LogP contribution is -2.13. The highest BCUT2D eigenvalue weighted by Gasteiger charge is 2.24. The molecule has 2 N–H and O–H groups in total. The van der Waals surface area contributed by atoms with E-state index in [0.717, 1.165) is 71.2 Å². The second kappa shape index (κ2) is 13.5. The highest BCUT2D eigenvalue weighted by atomic mass is 32.1. The summed E-state index contributed by atoms with van der Waals surface area (Å²) in [6.07, 6.45) is 10.8. The van der Waals surface area contributed by atoms with Crippen LogP contribution in [0.1, 0.15) is 90.7 Å². The summed E-state index contributed by atoms with van der Waals surface area (Å²) in [7, 11) is 0. The Labute approximate surface area is 237 Å². The first-order chi connectivity index (χ1) is 19.3. The maximum absolute atomic E-state index is 14.5. The molecule has 0 bridgehead atoms. The van der Waals surface area contributed by atoms with Crippen LogP contribution in [0.2, 0.25) is 0 Å². The van der Waals surface area contributed by atoms with Crippen molar-refractivity contribution in [3.8, 4) is 23.1 Å². The van der Waals surface area contributed by atoms with Gasteiger partial charge in [-0.15, -0.1) is 11.3 Å². The van der Waals surface area contributed by atoms with E-state index >= 15 is 0 Å². The first-order valence-electron chi connectivity index (χ1n) is 13.6. The fraction of sp³-hybridized carbons (Fsp3) is 0.344. The normalized spacial score (nSPS) is 12.2. The summed E-state index contributed by atoms with van der Waals surface area (Å²) in [5.41, 5.74) is 2.98. The number of aromatic nitrogens is 1. The molecule has 0 saturated heterocycles. The molecule has 0 radical (unpaired) electrons. The number of halogens is 2. The summed E-state index contributed by atoms with van der Waals surface area (Å²) in [6, 6.07) is 7.78. The number of hydrogen-bond donors (Lipinski definition) is 2. The molecule has 5 nitrogen and oxygen atoms in total. The molecule has 40 heavy (non-hydrogen) atoms. The minimum atomic E-state index is -1.29. The third-order valence-corrected chi connectivity index (χ3v) is 7.90. The number of carboxylic acids is 1. The van der Waals surface area contributed by atoms with Gasteiger partial charge in [0, 0.05) is 39.1 Å². The predicted octanol–water partition coefficient (Wildman–Crippen LogP) is 8.03. The van der Waals surface area contributed by atoms with Crippen LogP contribution < -0.4 is 5.32 Å². The topological polar surface area (TPSA) is 79.3 Å². The summed E-state index contributed by atoms with van der Waals surface area (Å²) in [5.74, 6) is 2.63. The number of anilines is 1. The van der Waals surface area contributed by atoms with Gasteiger partial charge in [0.05, 0.1) is 5.69 Å². The zero-order chi connectivity index (χ0) is 28.6. The molecule has 0 atom stereocenters. The molecule has 1 amide bonds. The summed E-state index contributed by atoms with van der Waals surface area (Å²) in [6.45, 7) is 3.45. The van der Waals surface area contributed by atoms with Crippen molar-refractivity contribution in [1.29, 1.82) is 0 Å². The van der Waals surface area contributed by atoms with Gasteiger partial charge in [-0.3, -0.25) is 10.1 Å². The Kier molecular flexibility index (Phi) is 9.84. The van der Waals surface area contributed by atoms with Crippen molar-refractivity contribution in [2.75, 3.05) is 5.32 Å². The highest BCUT2D eigenvalue weighted by molar-refractivity contribution is 7.16. The van der Waals surface area contributed by atoms with Crippen LogP contribution in [-0.2, 0) is 17.6 Å². The number of rotatable bonds is 10. The van der Waals surface area contributed by atoms with E-state index in [1.807, 2.05) is 18.2 Å². The molecule has 0 spiro atoms. The quantitative estimate of drug-likeness (QED) is 0.149. The van der Waals surface area contributed by atoms with Crippen molar-refractivity contribution in [3.05, 3.63) is 74.7 Å². The van der Waals surface area contributed by atoms with E-state index in [-0.39, 0.29) is 11.1 Å². The van der Waals surface area contributed by atoms with Crippen molar-refractivity contribution < 1.29 is 23.5 Å². The number of aryl methyl sites for hydroxylation is 1. The molecule has 1 aliphatic rings. The molecule has 0 saturated carbocycles. The molecule has 8 heteroatoms. The number of carboxylic acid groups (broad SMARTS) is 1. The van der Waals surface area contributed by atoms with Gasteiger partial charge in [-0.25, -0.2) is 18.6 Å². The van der Waals surface area contributed by atoms with E-state index in [1.165, 1.54) is 50.4 Å². The van der Waals surface area contributed by atoms with Gasteiger partial charge in [-0.1, -0.05) is 63.0 Å². The van der Waals surface area contributed by atoms with Crippen molar-refractivity contribution in [3.63, 3.8) is 0 Å². The lowest BCUT2D eigenvalue weighted by Gasteiger charge is -2.16. The summed E-state index contributed by atoms with van der Waals surface area (Å²) < 4.78 is 29.1. The number of amides is 1. The second-order valence-corrected chi connectivity index (χ2v) is 11.0. The standard InChI is InChI=1S/C32H32F2N2O3S/c1-3-4-5-6-7-8-9-10-12-21-13-11-14-24-23(21)15-16-28-29(24)35-32(40-28)36-30(37)22-18-26(33)25(27(34)19-22)17-20(2)31(38)39/h11,13-14,17-19H,3-9,15-16H2,1-2H3,(H,38,39)(H,35,36,37)/b20-17+. The van der Waals surface area contributed by atoms with E-state index in [9.17, 15) is 18.4 Å². The Morgan fingerprint density at radius 2 is 1.82 bits per heavy atom. The van der Waals surface area contributed by atoms with Crippen molar-refractivity contribution in [2.45, 2.75) is 71.6 Å². The smallest absolute Gasteiger partial charge is 0.331 e. The number of nitrogens with one attached hydrogen (secondary N) is 1.